The average Bonchev–Trinajstić information content (AvgIpc) is 2.74. The highest BCUT2D eigenvalue weighted by Crippen LogP contribution is 2.24. The maximum absolute atomic E-state index is 9.73. The van der Waals surface area contributed by atoms with Gasteiger partial charge in [-0.2, -0.15) is 0 Å². The van der Waals surface area contributed by atoms with Crippen molar-refractivity contribution in [3.63, 3.8) is 0 Å². The molecule has 0 radical (unpaired) electrons. The number of rotatable bonds is 10. The molecule has 4 nitrogen and oxygen atoms in total. The zero-order valence-electron chi connectivity index (χ0n) is 16.7. The fourth-order valence-corrected chi connectivity index (χ4v) is 3.99. The molecule has 1 aliphatic heterocycles. The van der Waals surface area contributed by atoms with E-state index < -0.39 is 0 Å². The molecule has 1 saturated heterocycles. The lowest BCUT2D eigenvalue weighted by Crippen LogP contribution is -2.46. The summed E-state index contributed by atoms with van der Waals surface area (Å²) in [6.07, 6.45) is 4.54. The van der Waals surface area contributed by atoms with Gasteiger partial charge in [0.15, 0.2) is 0 Å². The maximum atomic E-state index is 9.73. The molecule has 0 aromatic heterocycles. The molecule has 4 heteroatoms. The van der Waals surface area contributed by atoms with Gasteiger partial charge in [0.25, 0.3) is 0 Å². The van der Waals surface area contributed by atoms with E-state index in [9.17, 15) is 10.2 Å². The Labute approximate surface area is 168 Å². The number of aliphatic hydroxyl groups is 2. The molecule has 1 fully saturated rings. The minimum atomic E-state index is -0.249. The van der Waals surface area contributed by atoms with E-state index in [1.54, 1.807) is 0 Å². The first-order valence-electron chi connectivity index (χ1n) is 10.5. The predicted octanol–water partition coefficient (Wildman–Crippen LogP) is 3.86. The van der Waals surface area contributed by atoms with Crippen molar-refractivity contribution in [2.45, 2.75) is 50.9 Å². The van der Waals surface area contributed by atoms with Gasteiger partial charge in [-0.05, 0) is 55.3 Å². The third-order valence-corrected chi connectivity index (χ3v) is 5.61. The van der Waals surface area contributed by atoms with Crippen LogP contribution in [-0.2, 0) is 11.3 Å². The van der Waals surface area contributed by atoms with Gasteiger partial charge in [0.2, 0.25) is 0 Å². The Morgan fingerprint density at radius 1 is 0.964 bits per heavy atom. The number of aliphatic hydroxyl groups excluding tert-OH is 2. The summed E-state index contributed by atoms with van der Waals surface area (Å²) in [7, 11) is 0. The number of likely N-dealkylation sites (tertiary alicyclic amines) is 1. The van der Waals surface area contributed by atoms with Crippen molar-refractivity contribution < 1.29 is 14.9 Å². The lowest BCUT2D eigenvalue weighted by atomic mass is 9.99. The molecule has 2 atom stereocenters. The van der Waals surface area contributed by atoms with Crippen LogP contribution in [-0.4, -0.2) is 53.6 Å². The standard InChI is InChI=1S/C24H33NO3/c26-18-22-17-23(27)13-15-25(22)14-7-2-8-16-28-19-21-11-5-6-12-24(21)20-9-3-1-4-10-20/h1,3-6,9-12,22-23,26-27H,2,7-8,13-19H2. The van der Waals surface area contributed by atoms with E-state index in [4.69, 9.17) is 4.74 Å². The second-order valence-corrected chi connectivity index (χ2v) is 7.69. The largest absolute Gasteiger partial charge is 0.395 e. The molecule has 2 aromatic rings. The maximum Gasteiger partial charge on any atom is 0.0722 e. The molecule has 0 saturated carbocycles. The third-order valence-electron chi connectivity index (χ3n) is 5.61. The van der Waals surface area contributed by atoms with Gasteiger partial charge in [0, 0.05) is 19.2 Å². The zero-order chi connectivity index (χ0) is 19.6. The van der Waals surface area contributed by atoms with Gasteiger partial charge in [-0.15, -0.1) is 0 Å². The summed E-state index contributed by atoms with van der Waals surface area (Å²) < 4.78 is 5.94. The Hall–Kier alpha value is -1.72. The minimum Gasteiger partial charge on any atom is -0.395 e. The highest BCUT2D eigenvalue weighted by molar-refractivity contribution is 5.66. The van der Waals surface area contributed by atoms with Gasteiger partial charge in [0.05, 0.1) is 19.3 Å². The number of unbranched alkanes of at least 4 members (excludes halogenated alkanes) is 2. The Bertz CT molecular complexity index is 691. The van der Waals surface area contributed by atoms with E-state index in [1.807, 2.05) is 6.07 Å². The van der Waals surface area contributed by atoms with Crippen LogP contribution < -0.4 is 0 Å². The smallest absolute Gasteiger partial charge is 0.0722 e. The Kier molecular flexibility index (Phi) is 8.49. The second-order valence-electron chi connectivity index (χ2n) is 7.69. The van der Waals surface area contributed by atoms with E-state index in [0.717, 1.165) is 45.4 Å². The SMILES string of the molecule is OCC1CC(O)CCN1CCCCCOCc1ccccc1-c1ccccc1. The summed E-state index contributed by atoms with van der Waals surface area (Å²) in [5.74, 6) is 0. The Balaban J connectivity index is 1.35. The molecular formula is C24H33NO3. The highest BCUT2D eigenvalue weighted by Gasteiger charge is 2.26. The summed E-state index contributed by atoms with van der Waals surface area (Å²) in [6, 6.07) is 19.0. The van der Waals surface area contributed by atoms with Crippen molar-refractivity contribution in [2.75, 3.05) is 26.3 Å². The van der Waals surface area contributed by atoms with Gasteiger partial charge in [-0.25, -0.2) is 0 Å². The zero-order valence-corrected chi connectivity index (χ0v) is 16.7. The monoisotopic (exact) mass is 383 g/mol. The van der Waals surface area contributed by atoms with Gasteiger partial charge in [-0.1, -0.05) is 54.6 Å². The third kappa shape index (κ3) is 6.14. The number of benzene rings is 2. The van der Waals surface area contributed by atoms with E-state index in [1.165, 1.54) is 16.7 Å². The topological polar surface area (TPSA) is 52.9 Å². The van der Waals surface area contributed by atoms with E-state index in [0.29, 0.717) is 13.0 Å². The summed E-state index contributed by atoms with van der Waals surface area (Å²) >= 11 is 0. The fourth-order valence-electron chi connectivity index (χ4n) is 3.99. The fraction of sp³-hybridized carbons (Fsp3) is 0.500. The lowest BCUT2D eigenvalue weighted by Gasteiger charge is -2.36. The highest BCUT2D eigenvalue weighted by atomic mass is 16.5. The van der Waals surface area contributed by atoms with Crippen molar-refractivity contribution in [3.05, 3.63) is 60.2 Å². The normalized spacial score (nSPS) is 20.4. The van der Waals surface area contributed by atoms with Crippen LogP contribution in [0.1, 0.15) is 37.7 Å². The average molecular weight is 384 g/mol. The quantitative estimate of drug-likeness (QED) is 0.612. The molecule has 0 aliphatic carbocycles. The predicted molar refractivity (Wildman–Crippen MR) is 113 cm³/mol. The molecule has 2 unspecified atom stereocenters. The number of hydrogen-bond acceptors (Lipinski definition) is 4. The minimum absolute atomic E-state index is 0.120. The number of piperidine rings is 1. The molecule has 0 bridgehead atoms. The van der Waals surface area contributed by atoms with Gasteiger partial charge in [0.1, 0.15) is 0 Å². The molecule has 152 valence electrons. The number of nitrogens with zero attached hydrogens (tertiary/aromatic N) is 1. The molecular weight excluding hydrogens is 350 g/mol. The van der Waals surface area contributed by atoms with E-state index >= 15 is 0 Å². The first kappa shape index (κ1) is 21.0. The summed E-state index contributed by atoms with van der Waals surface area (Å²) in [5, 5.41) is 19.2. The molecule has 1 aliphatic rings. The van der Waals surface area contributed by atoms with Crippen molar-refractivity contribution in [2.24, 2.45) is 0 Å². The first-order chi connectivity index (χ1) is 13.8. The van der Waals surface area contributed by atoms with E-state index in [-0.39, 0.29) is 18.8 Å². The Morgan fingerprint density at radius 3 is 2.57 bits per heavy atom. The molecule has 1 heterocycles. The lowest BCUT2D eigenvalue weighted by molar-refractivity contribution is 0.0160. The molecule has 0 spiro atoms. The number of hydrogen-bond donors (Lipinski definition) is 2. The van der Waals surface area contributed by atoms with Crippen molar-refractivity contribution in [3.8, 4) is 11.1 Å². The van der Waals surface area contributed by atoms with Crippen molar-refractivity contribution in [1.82, 2.24) is 4.90 Å². The molecule has 3 rings (SSSR count). The van der Waals surface area contributed by atoms with Gasteiger partial charge < -0.3 is 14.9 Å². The van der Waals surface area contributed by atoms with Crippen molar-refractivity contribution >= 4 is 0 Å². The van der Waals surface area contributed by atoms with Crippen LogP contribution >= 0.6 is 0 Å². The van der Waals surface area contributed by atoms with Gasteiger partial charge >= 0.3 is 0 Å². The molecule has 2 aromatic carbocycles. The molecule has 0 amide bonds. The summed E-state index contributed by atoms with van der Waals surface area (Å²) in [6.45, 7) is 3.43. The first-order valence-corrected chi connectivity index (χ1v) is 10.5. The van der Waals surface area contributed by atoms with Crippen molar-refractivity contribution in [1.29, 1.82) is 0 Å². The number of ether oxygens (including phenoxy) is 1. The van der Waals surface area contributed by atoms with Crippen LogP contribution in [0.3, 0.4) is 0 Å². The summed E-state index contributed by atoms with van der Waals surface area (Å²) in [4.78, 5) is 2.32. The second kappa shape index (κ2) is 11.3. The Morgan fingerprint density at radius 2 is 1.75 bits per heavy atom. The van der Waals surface area contributed by atoms with Crippen LogP contribution in [0.15, 0.2) is 54.6 Å². The summed E-state index contributed by atoms with van der Waals surface area (Å²) in [5.41, 5.74) is 3.70. The van der Waals surface area contributed by atoms with Crippen LogP contribution in [0.2, 0.25) is 0 Å². The van der Waals surface area contributed by atoms with Crippen LogP contribution in [0, 0.1) is 0 Å². The van der Waals surface area contributed by atoms with Gasteiger partial charge in [-0.3, -0.25) is 4.90 Å². The molecule has 2 N–H and O–H groups in total. The van der Waals surface area contributed by atoms with Crippen LogP contribution in [0.4, 0.5) is 0 Å². The molecule has 28 heavy (non-hydrogen) atoms. The van der Waals surface area contributed by atoms with Crippen LogP contribution in [0.25, 0.3) is 11.1 Å². The van der Waals surface area contributed by atoms with E-state index in [2.05, 4.69) is 53.4 Å². The van der Waals surface area contributed by atoms with Crippen LogP contribution in [0.5, 0.6) is 0 Å².